The highest BCUT2D eigenvalue weighted by atomic mass is 32.2. The second-order valence-electron chi connectivity index (χ2n) is 8.77. The third-order valence-corrected chi connectivity index (χ3v) is 6.36. The van der Waals surface area contributed by atoms with Crippen molar-refractivity contribution >= 4 is 22.0 Å². The molecule has 0 aliphatic rings. The fourth-order valence-corrected chi connectivity index (χ4v) is 4.50. The summed E-state index contributed by atoms with van der Waals surface area (Å²) >= 11 is 0. The molecular weight excluding hydrogens is 508 g/mol. The van der Waals surface area contributed by atoms with Gasteiger partial charge in [-0.1, -0.05) is 60.7 Å². The van der Waals surface area contributed by atoms with Gasteiger partial charge in [-0.15, -0.1) is 0 Å². The predicted octanol–water partition coefficient (Wildman–Crippen LogP) is 3.96. The number of hydrogen-bond donors (Lipinski definition) is 3. The highest BCUT2D eigenvalue weighted by Gasteiger charge is 2.24. The van der Waals surface area contributed by atoms with E-state index in [-0.39, 0.29) is 11.3 Å². The molecule has 1 unspecified atom stereocenters. The molecule has 2 amide bonds. The number of rotatable bonds is 12. The Morgan fingerprint density at radius 2 is 1.66 bits per heavy atom. The number of carbonyl (C=O) groups is 2. The maximum absolute atomic E-state index is 12.4. The van der Waals surface area contributed by atoms with E-state index in [2.05, 4.69) is 0 Å². The Labute approximate surface area is 222 Å². The molecule has 3 aromatic carbocycles. The molecule has 202 valence electrons. The summed E-state index contributed by atoms with van der Waals surface area (Å²) in [6.45, 7) is 2.08. The number of hydrogen-bond acceptors (Lipinski definition) is 7. The number of benzene rings is 3. The molecule has 9 nitrogen and oxygen atoms in total. The third-order valence-electron chi connectivity index (χ3n) is 5.81. The Kier molecular flexibility index (Phi) is 9.86. The van der Waals surface area contributed by atoms with Crippen LogP contribution in [-0.2, 0) is 21.2 Å². The number of carbonyl (C=O) groups excluding carboxylic acids is 2. The van der Waals surface area contributed by atoms with Gasteiger partial charge >= 0.3 is 6.09 Å². The van der Waals surface area contributed by atoms with E-state index in [0.717, 1.165) is 22.9 Å². The molecule has 3 aromatic rings. The van der Waals surface area contributed by atoms with Crippen molar-refractivity contribution in [3.63, 3.8) is 0 Å². The van der Waals surface area contributed by atoms with E-state index < -0.39 is 34.2 Å². The van der Waals surface area contributed by atoms with E-state index in [9.17, 15) is 23.1 Å². The molecule has 0 saturated heterocycles. The first-order valence-electron chi connectivity index (χ1n) is 12.1. The van der Waals surface area contributed by atoms with Crippen LogP contribution in [0.25, 0.3) is 11.1 Å². The van der Waals surface area contributed by atoms with E-state index >= 15 is 0 Å². The zero-order valence-electron chi connectivity index (χ0n) is 21.3. The van der Waals surface area contributed by atoms with Gasteiger partial charge < -0.3 is 20.3 Å². The maximum atomic E-state index is 12.4. The van der Waals surface area contributed by atoms with Crippen LogP contribution in [0.2, 0.25) is 0 Å². The van der Waals surface area contributed by atoms with Crippen molar-refractivity contribution in [2.24, 2.45) is 5.73 Å². The summed E-state index contributed by atoms with van der Waals surface area (Å²) in [4.78, 5) is 23.7. The van der Waals surface area contributed by atoms with Gasteiger partial charge in [0.1, 0.15) is 18.0 Å². The largest absolute Gasteiger partial charge is 0.493 e. The molecule has 0 spiro atoms. The molecule has 0 heterocycles. The number of nitrogens with two attached hydrogens (primary N) is 1. The summed E-state index contributed by atoms with van der Waals surface area (Å²) in [7, 11) is -3.71. The Hall–Kier alpha value is -3.89. The smallest absolute Gasteiger partial charge is 0.404 e. The minimum Gasteiger partial charge on any atom is -0.493 e. The lowest BCUT2D eigenvalue weighted by Gasteiger charge is -2.22. The van der Waals surface area contributed by atoms with Crippen LogP contribution in [0.4, 0.5) is 4.79 Å². The van der Waals surface area contributed by atoms with Gasteiger partial charge in [-0.3, -0.25) is 4.79 Å². The van der Waals surface area contributed by atoms with Crippen molar-refractivity contribution in [1.29, 1.82) is 0 Å². The van der Waals surface area contributed by atoms with Gasteiger partial charge in [-0.2, -0.15) is 0 Å². The summed E-state index contributed by atoms with van der Waals surface area (Å²) in [5.41, 5.74) is 8.73. The van der Waals surface area contributed by atoms with Gasteiger partial charge in [-0.05, 0) is 60.6 Å². The minimum atomic E-state index is -3.71. The van der Waals surface area contributed by atoms with Gasteiger partial charge in [0.25, 0.3) is 5.91 Å². The summed E-state index contributed by atoms with van der Waals surface area (Å²) in [6.07, 6.45) is 0.0143. The van der Waals surface area contributed by atoms with Crippen LogP contribution < -0.4 is 15.2 Å². The number of aryl methyl sites for hydroxylation is 1. The lowest BCUT2D eigenvalue weighted by Crippen LogP contribution is -2.29. The van der Waals surface area contributed by atoms with Crippen molar-refractivity contribution in [3.8, 4) is 16.9 Å². The second-order valence-corrected chi connectivity index (χ2v) is 10.5. The average molecular weight is 541 g/mol. The lowest BCUT2D eigenvalue weighted by atomic mass is 9.97. The molecule has 3 rings (SSSR count). The summed E-state index contributed by atoms with van der Waals surface area (Å²) < 4.78 is 35.6. The van der Waals surface area contributed by atoms with Crippen LogP contribution in [0.1, 0.15) is 47.4 Å². The van der Waals surface area contributed by atoms with E-state index in [1.54, 1.807) is 43.3 Å². The van der Waals surface area contributed by atoms with Gasteiger partial charge in [0.05, 0.1) is 18.4 Å². The third kappa shape index (κ3) is 8.32. The van der Waals surface area contributed by atoms with Crippen LogP contribution in [0, 0.1) is 0 Å². The normalized spacial score (nSPS) is 12.8. The second kappa shape index (κ2) is 13.1. The molecule has 0 aliphatic carbocycles. The molecule has 0 aromatic heterocycles. The number of primary amides is 1. The van der Waals surface area contributed by atoms with Crippen molar-refractivity contribution < 1.29 is 32.6 Å². The zero-order valence-corrected chi connectivity index (χ0v) is 22.1. The highest BCUT2D eigenvalue weighted by molar-refractivity contribution is 7.89. The molecule has 10 heteroatoms. The average Bonchev–Trinajstić information content (AvgIpc) is 2.87. The molecule has 4 N–H and O–H groups in total. The Bertz CT molecular complexity index is 1340. The van der Waals surface area contributed by atoms with Crippen molar-refractivity contribution in [2.45, 2.75) is 38.4 Å². The number of ether oxygens (including phenoxy) is 2. The van der Waals surface area contributed by atoms with Gasteiger partial charge in [0, 0.05) is 0 Å². The Morgan fingerprint density at radius 1 is 1.00 bits per heavy atom. The fourth-order valence-electron chi connectivity index (χ4n) is 4.05. The van der Waals surface area contributed by atoms with E-state index in [1.165, 1.54) is 6.07 Å². The standard InChI is InChI=1S/C28H32N2O7S/c1-3-36-25-18-22(16-17-23(25)27(32)30-38(2,34)35)20-14-12-19(13-15-20)8-7-11-24(37-28(29)33)26(31)21-9-5-4-6-10-21/h4-6,9-10,12-18,24,26,31H,3,7-8,11H2,1-2H3,(H2,29,33)(H,30,32)/t24?,26-/m1/s1. The number of aliphatic hydroxyl groups excluding tert-OH is 1. The number of aliphatic hydroxyl groups is 1. The van der Waals surface area contributed by atoms with E-state index in [0.29, 0.717) is 31.4 Å². The van der Waals surface area contributed by atoms with Crippen molar-refractivity contribution in [2.75, 3.05) is 12.9 Å². The van der Waals surface area contributed by atoms with Gasteiger partial charge in [0.2, 0.25) is 10.0 Å². The van der Waals surface area contributed by atoms with Crippen LogP contribution in [0.3, 0.4) is 0 Å². The molecule has 0 fully saturated rings. The molecule has 38 heavy (non-hydrogen) atoms. The Morgan fingerprint density at radius 3 is 2.26 bits per heavy atom. The number of sulfonamides is 1. The molecular formula is C28H32N2O7S. The van der Waals surface area contributed by atoms with Crippen molar-refractivity contribution in [3.05, 3.63) is 89.5 Å². The summed E-state index contributed by atoms with van der Waals surface area (Å²) in [6, 6.07) is 21.8. The Balaban J connectivity index is 1.67. The summed E-state index contributed by atoms with van der Waals surface area (Å²) in [5, 5.41) is 10.7. The van der Waals surface area contributed by atoms with E-state index in [1.807, 2.05) is 35.1 Å². The van der Waals surface area contributed by atoms with Gasteiger partial charge in [0.15, 0.2) is 0 Å². The molecule has 0 radical (unpaired) electrons. The van der Waals surface area contributed by atoms with E-state index in [4.69, 9.17) is 15.2 Å². The topological polar surface area (TPSA) is 145 Å². The zero-order chi connectivity index (χ0) is 27.7. The molecule has 0 saturated carbocycles. The van der Waals surface area contributed by atoms with Gasteiger partial charge in [-0.25, -0.2) is 17.9 Å². The predicted molar refractivity (Wildman–Crippen MR) is 144 cm³/mol. The van der Waals surface area contributed by atoms with Crippen molar-refractivity contribution in [1.82, 2.24) is 4.72 Å². The molecule has 0 bridgehead atoms. The quantitative estimate of drug-likeness (QED) is 0.315. The van der Waals surface area contributed by atoms with Crippen LogP contribution in [-0.4, -0.2) is 44.5 Å². The highest BCUT2D eigenvalue weighted by Crippen LogP contribution is 2.29. The lowest BCUT2D eigenvalue weighted by molar-refractivity contribution is -0.000159. The first-order chi connectivity index (χ1) is 18.1. The van der Waals surface area contributed by atoms with Crippen LogP contribution >= 0.6 is 0 Å². The first-order valence-corrected chi connectivity index (χ1v) is 14.0. The first kappa shape index (κ1) is 28.7. The van der Waals surface area contributed by atoms with Crippen LogP contribution in [0.15, 0.2) is 72.8 Å². The summed E-state index contributed by atoms with van der Waals surface area (Å²) in [5.74, 6) is -0.471. The molecule has 2 atom stereocenters. The maximum Gasteiger partial charge on any atom is 0.404 e. The fraction of sp³-hybridized carbons (Fsp3) is 0.286. The monoisotopic (exact) mass is 540 g/mol. The number of amides is 2. The number of nitrogens with one attached hydrogen (secondary N) is 1. The molecule has 0 aliphatic heterocycles. The SMILES string of the molecule is CCOc1cc(-c2ccc(CCCC(OC(N)=O)[C@H](O)c3ccccc3)cc2)ccc1C(=O)NS(C)(=O)=O. The minimum absolute atomic E-state index is 0.128. The van der Waals surface area contributed by atoms with Crippen LogP contribution in [0.5, 0.6) is 5.75 Å².